The molecule has 0 heterocycles. The highest BCUT2D eigenvalue weighted by Gasteiger charge is 2.11. The molecular formula is C11H12Cl2O3. The molecule has 0 radical (unpaired) electrons. The molecule has 5 heteroatoms. The number of aliphatic carboxylic acids is 1. The van der Waals surface area contributed by atoms with Gasteiger partial charge < -0.3 is 9.84 Å². The maximum absolute atomic E-state index is 10.6. The third-order valence-corrected chi connectivity index (χ3v) is 2.65. The van der Waals surface area contributed by atoms with Gasteiger partial charge in [0.25, 0.3) is 0 Å². The van der Waals surface area contributed by atoms with Crippen molar-refractivity contribution in [3.8, 4) is 5.75 Å². The highest BCUT2D eigenvalue weighted by atomic mass is 35.5. The number of carboxylic acids is 1. The van der Waals surface area contributed by atoms with Crippen LogP contribution in [0.15, 0.2) is 18.2 Å². The van der Waals surface area contributed by atoms with E-state index < -0.39 is 11.9 Å². The van der Waals surface area contributed by atoms with Crippen molar-refractivity contribution in [2.45, 2.75) is 13.3 Å². The molecule has 88 valence electrons. The first-order valence-electron chi connectivity index (χ1n) is 4.81. The number of carboxylic acid groups (broad SMARTS) is 1. The average molecular weight is 263 g/mol. The van der Waals surface area contributed by atoms with Gasteiger partial charge in [0.05, 0.1) is 17.5 Å². The van der Waals surface area contributed by atoms with Gasteiger partial charge in [0.1, 0.15) is 5.75 Å². The van der Waals surface area contributed by atoms with Crippen molar-refractivity contribution >= 4 is 29.2 Å². The minimum absolute atomic E-state index is 0.314. The van der Waals surface area contributed by atoms with Crippen molar-refractivity contribution in [3.05, 3.63) is 28.2 Å². The molecule has 0 saturated heterocycles. The summed E-state index contributed by atoms with van der Waals surface area (Å²) in [6.07, 6.45) is 0.439. The zero-order chi connectivity index (χ0) is 12.1. The van der Waals surface area contributed by atoms with E-state index in [1.54, 1.807) is 25.1 Å². The summed E-state index contributed by atoms with van der Waals surface area (Å²) in [6.45, 7) is 1.95. The van der Waals surface area contributed by atoms with Gasteiger partial charge in [-0.05, 0) is 24.6 Å². The van der Waals surface area contributed by atoms with Crippen molar-refractivity contribution in [2.24, 2.45) is 5.92 Å². The van der Waals surface area contributed by atoms with Crippen LogP contribution in [0.4, 0.5) is 0 Å². The Morgan fingerprint density at radius 3 is 2.75 bits per heavy atom. The second-order valence-electron chi connectivity index (χ2n) is 3.45. The summed E-state index contributed by atoms with van der Waals surface area (Å²) in [5.41, 5.74) is 0. The molecule has 16 heavy (non-hydrogen) atoms. The number of halogens is 2. The van der Waals surface area contributed by atoms with Crippen LogP contribution in [-0.4, -0.2) is 17.7 Å². The summed E-state index contributed by atoms with van der Waals surface area (Å²) in [5.74, 6) is -0.736. The molecule has 0 aromatic heterocycles. The lowest BCUT2D eigenvalue weighted by Gasteiger charge is -2.09. The first-order chi connectivity index (χ1) is 7.50. The Hall–Kier alpha value is -0.930. The number of rotatable bonds is 5. The van der Waals surface area contributed by atoms with Gasteiger partial charge in [-0.2, -0.15) is 0 Å². The highest BCUT2D eigenvalue weighted by Crippen LogP contribution is 2.27. The van der Waals surface area contributed by atoms with Gasteiger partial charge in [0.15, 0.2) is 0 Å². The minimum Gasteiger partial charge on any atom is -0.492 e. The van der Waals surface area contributed by atoms with Gasteiger partial charge in [0, 0.05) is 5.02 Å². The maximum atomic E-state index is 10.6. The fourth-order valence-electron chi connectivity index (χ4n) is 1.06. The normalized spacial score (nSPS) is 12.2. The van der Waals surface area contributed by atoms with E-state index in [1.807, 2.05) is 0 Å². The predicted molar refractivity (Wildman–Crippen MR) is 63.4 cm³/mol. The summed E-state index contributed by atoms with van der Waals surface area (Å²) in [6, 6.07) is 4.92. The maximum Gasteiger partial charge on any atom is 0.306 e. The van der Waals surface area contributed by atoms with E-state index in [0.29, 0.717) is 28.8 Å². The van der Waals surface area contributed by atoms with Crippen molar-refractivity contribution in [1.29, 1.82) is 0 Å². The quantitative estimate of drug-likeness (QED) is 0.884. The van der Waals surface area contributed by atoms with E-state index in [9.17, 15) is 4.79 Å². The summed E-state index contributed by atoms with van der Waals surface area (Å²) in [4.78, 5) is 10.6. The molecule has 0 amide bonds. The molecule has 0 spiro atoms. The Balaban J connectivity index is 2.46. The smallest absolute Gasteiger partial charge is 0.306 e. The van der Waals surface area contributed by atoms with E-state index in [-0.39, 0.29) is 0 Å². The van der Waals surface area contributed by atoms with Gasteiger partial charge in [-0.15, -0.1) is 0 Å². The molecule has 0 aliphatic carbocycles. The van der Waals surface area contributed by atoms with Crippen molar-refractivity contribution in [3.63, 3.8) is 0 Å². The Bertz CT molecular complexity index is 379. The average Bonchev–Trinajstić information content (AvgIpc) is 2.20. The first kappa shape index (κ1) is 13.1. The molecule has 0 fully saturated rings. The van der Waals surface area contributed by atoms with Gasteiger partial charge in [-0.25, -0.2) is 0 Å². The number of benzene rings is 1. The monoisotopic (exact) mass is 262 g/mol. The molecule has 1 unspecified atom stereocenters. The van der Waals surface area contributed by atoms with Crippen molar-refractivity contribution < 1.29 is 14.6 Å². The summed E-state index contributed by atoms with van der Waals surface area (Å²) >= 11 is 11.6. The van der Waals surface area contributed by atoms with Crippen LogP contribution in [0.25, 0.3) is 0 Å². The highest BCUT2D eigenvalue weighted by molar-refractivity contribution is 6.35. The Morgan fingerprint density at radius 2 is 2.19 bits per heavy atom. The van der Waals surface area contributed by atoms with Crippen LogP contribution in [0.2, 0.25) is 10.0 Å². The molecule has 0 bridgehead atoms. The molecule has 3 nitrogen and oxygen atoms in total. The predicted octanol–water partition coefficient (Wildman–Crippen LogP) is 3.48. The molecule has 0 aliphatic rings. The second-order valence-corrected chi connectivity index (χ2v) is 4.29. The van der Waals surface area contributed by atoms with Crippen LogP contribution in [0, 0.1) is 5.92 Å². The Labute approximate surface area is 104 Å². The van der Waals surface area contributed by atoms with E-state index in [4.69, 9.17) is 33.0 Å². The molecule has 1 rings (SSSR count). The fourth-order valence-corrected chi connectivity index (χ4v) is 1.52. The summed E-state index contributed by atoms with van der Waals surface area (Å²) in [5, 5.41) is 9.64. The third-order valence-electron chi connectivity index (χ3n) is 2.12. The molecule has 1 atom stereocenters. The number of ether oxygens (including phenoxy) is 1. The molecule has 1 aromatic rings. The number of carbonyl (C=O) groups is 1. The van der Waals surface area contributed by atoms with E-state index in [0.717, 1.165) is 0 Å². The Kier molecular flexibility index (Phi) is 4.90. The van der Waals surface area contributed by atoms with E-state index in [2.05, 4.69) is 0 Å². The largest absolute Gasteiger partial charge is 0.492 e. The van der Waals surface area contributed by atoms with E-state index in [1.165, 1.54) is 0 Å². The first-order valence-corrected chi connectivity index (χ1v) is 5.57. The van der Waals surface area contributed by atoms with Crippen LogP contribution in [0.3, 0.4) is 0 Å². The lowest BCUT2D eigenvalue weighted by molar-refractivity contribution is -0.141. The molecule has 0 aliphatic heterocycles. The van der Waals surface area contributed by atoms with Crippen molar-refractivity contribution in [1.82, 2.24) is 0 Å². The van der Waals surface area contributed by atoms with Gasteiger partial charge >= 0.3 is 5.97 Å². The SMILES string of the molecule is CC(CCOc1ccc(Cl)cc1Cl)C(=O)O. The lowest BCUT2D eigenvalue weighted by atomic mass is 10.1. The second kappa shape index (κ2) is 5.97. The molecule has 1 N–H and O–H groups in total. The van der Waals surface area contributed by atoms with Gasteiger partial charge in [-0.3, -0.25) is 4.79 Å². The number of hydrogen-bond donors (Lipinski definition) is 1. The zero-order valence-corrected chi connectivity index (χ0v) is 10.3. The van der Waals surface area contributed by atoms with E-state index >= 15 is 0 Å². The van der Waals surface area contributed by atoms with Crippen LogP contribution < -0.4 is 4.74 Å². The van der Waals surface area contributed by atoms with Crippen LogP contribution in [-0.2, 0) is 4.79 Å². The number of hydrogen-bond acceptors (Lipinski definition) is 2. The molecule has 0 saturated carbocycles. The standard InChI is InChI=1S/C11H12Cl2O3/c1-7(11(14)15)4-5-16-10-3-2-8(12)6-9(10)13/h2-3,6-7H,4-5H2,1H3,(H,14,15). The molecular weight excluding hydrogens is 251 g/mol. The lowest BCUT2D eigenvalue weighted by Crippen LogP contribution is -2.13. The van der Waals surface area contributed by atoms with Crippen LogP contribution >= 0.6 is 23.2 Å². The summed E-state index contributed by atoms with van der Waals surface area (Å²) < 4.78 is 5.36. The third kappa shape index (κ3) is 3.91. The van der Waals surface area contributed by atoms with Crippen LogP contribution in [0.1, 0.15) is 13.3 Å². The van der Waals surface area contributed by atoms with Gasteiger partial charge in [-0.1, -0.05) is 30.1 Å². The van der Waals surface area contributed by atoms with Crippen LogP contribution in [0.5, 0.6) is 5.75 Å². The van der Waals surface area contributed by atoms with Gasteiger partial charge in [0.2, 0.25) is 0 Å². The van der Waals surface area contributed by atoms with Crippen molar-refractivity contribution in [2.75, 3.05) is 6.61 Å². The fraction of sp³-hybridized carbons (Fsp3) is 0.364. The minimum atomic E-state index is -0.828. The zero-order valence-electron chi connectivity index (χ0n) is 8.74. The topological polar surface area (TPSA) is 46.5 Å². The molecule has 1 aromatic carbocycles. The Morgan fingerprint density at radius 1 is 1.50 bits per heavy atom. The summed E-state index contributed by atoms with van der Waals surface area (Å²) in [7, 11) is 0.